The summed E-state index contributed by atoms with van der Waals surface area (Å²) in [5.74, 6) is 0.575. The Labute approximate surface area is 109 Å². The molecule has 1 heterocycles. The molecular formula is C16H22N2. The zero-order valence-electron chi connectivity index (χ0n) is 11.7. The summed E-state index contributed by atoms with van der Waals surface area (Å²) in [6, 6.07) is 11.0. The molecule has 0 spiro atoms. The quantitative estimate of drug-likeness (QED) is 0.874. The second-order valence-electron chi connectivity index (χ2n) is 5.18. The summed E-state index contributed by atoms with van der Waals surface area (Å²) in [7, 11) is 0. The van der Waals surface area contributed by atoms with E-state index in [9.17, 15) is 0 Å². The monoisotopic (exact) mass is 242 g/mol. The number of hydrogen-bond acceptors (Lipinski definition) is 1. The van der Waals surface area contributed by atoms with Gasteiger partial charge in [-0.2, -0.15) is 0 Å². The molecule has 0 radical (unpaired) electrons. The minimum absolute atomic E-state index is 0.575. The Morgan fingerprint density at radius 2 is 1.72 bits per heavy atom. The molecule has 0 bridgehead atoms. The number of nitrogens with zero attached hydrogens (tertiary/aromatic N) is 1. The van der Waals surface area contributed by atoms with Gasteiger partial charge in [0.1, 0.15) is 0 Å². The van der Waals surface area contributed by atoms with Crippen LogP contribution in [0, 0.1) is 13.8 Å². The van der Waals surface area contributed by atoms with Gasteiger partial charge in [0, 0.05) is 23.6 Å². The second-order valence-corrected chi connectivity index (χ2v) is 5.18. The topological polar surface area (TPSA) is 30.9 Å². The molecule has 96 valence electrons. The third-order valence-corrected chi connectivity index (χ3v) is 3.57. The highest BCUT2D eigenvalue weighted by Gasteiger charge is 2.09. The van der Waals surface area contributed by atoms with Crippen molar-refractivity contribution in [1.82, 2.24) is 4.57 Å². The van der Waals surface area contributed by atoms with Crippen LogP contribution in [0.15, 0.2) is 30.3 Å². The van der Waals surface area contributed by atoms with Crippen molar-refractivity contribution in [2.45, 2.75) is 40.2 Å². The van der Waals surface area contributed by atoms with E-state index in [0.29, 0.717) is 12.5 Å². The molecule has 0 fully saturated rings. The van der Waals surface area contributed by atoms with E-state index in [0.717, 1.165) is 0 Å². The molecule has 2 aromatic rings. The molecule has 2 N–H and O–H groups in total. The number of hydrogen-bond donors (Lipinski definition) is 1. The lowest BCUT2D eigenvalue weighted by Crippen LogP contribution is -2.02. The van der Waals surface area contributed by atoms with Crippen molar-refractivity contribution in [3.8, 4) is 5.69 Å². The fourth-order valence-electron chi connectivity index (χ4n) is 2.44. The fourth-order valence-corrected chi connectivity index (χ4v) is 2.44. The third kappa shape index (κ3) is 2.21. The molecule has 0 aliphatic heterocycles. The van der Waals surface area contributed by atoms with Gasteiger partial charge in [-0.05, 0) is 49.1 Å². The Bertz CT molecular complexity index is 533. The molecule has 2 heteroatoms. The lowest BCUT2D eigenvalue weighted by Gasteiger charge is -2.12. The van der Waals surface area contributed by atoms with Crippen LogP contribution in [0.4, 0.5) is 0 Å². The standard InChI is InChI=1S/C16H22N2/c1-11(2)14-5-7-16(8-6-14)18-12(3)9-15(10-17)13(18)4/h5-9,11H,10,17H2,1-4H3. The Morgan fingerprint density at radius 3 is 2.17 bits per heavy atom. The Hall–Kier alpha value is -1.54. The summed E-state index contributed by atoms with van der Waals surface area (Å²) in [4.78, 5) is 0. The first-order valence-corrected chi connectivity index (χ1v) is 6.52. The molecule has 2 rings (SSSR count). The first-order chi connectivity index (χ1) is 8.54. The van der Waals surface area contributed by atoms with Crippen LogP contribution in [0.5, 0.6) is 0 Å². The first-order valence-electron chi connectivity index (χ1n) is 6.52. The summed E-state index contributed by atoms with van der Waals surface area (Å²) in [5, 5.41) is 0. The lowest BCUT2D eigenvalue weighted by molar-refractivity contribution is 0.863. The van der Waals surface area contributed by atoms with Gasteiger partial charge in [-0.1, -0.05) is 26.0 Å². The molecule has 1 aromatic carbocycles. The maximum absolute atomic E-state index is 5.76. The van der Waals surface area contributed by atoms with Gasteiger partial charge in [-0.3, -0.25) is 0 Å². The molecule has 2 nitrogen and oxygen atoms in total. The number of benzene rings is 1. The second kappa shape index (κ2) is 4.99. The van der Waals surface area contributed by atoms with Crippen LogP contribution in [-0.2, 0) is 6.54 Å². The molecule has 0 saturated heterocycles. The number of aryl methyl sites for hydroxylation is 1. The highest BCUT2D eigenvalue weighted by Crippen LogP contribution is 2.22. The average molecular weight is 242 g/mol. The Kier molecular flexibility index (Phi) is 3.58. The van der Waals surface area contributed by atoms with Crippen LogP contribution < -0.4 is 5.73 Å². The van der Waals surface area contributed by atoms with Gasteiger partial charge >= 0.3 is 0 Å². The van der Waals surface area contributed by atoms with E-state index in [-0.39, 0.29) is 0 Å². The molecule has 1 aromatic heterocycles. The minimum atomic E-state index is 0.575. The van der Waals surface area contributed by atoms with Crippen LogP contribution in [0.25, 0.3) is 5.69 Å². The molecule has 18 heavy (non-hydrogen) atoms. The van der Waals surface area contributed by atoms with E-state index in [1.807, 2.05) is 0 Å². The highest BCUT2D eigenvalue weighted by molar-refractivity contribution is 5.42. The van der Waals surface area contributed by atoms with Gasteiger partial charge in [-0.15, -0.1) is 0 Å². The van der Waals surface area contributed by atoms with E-state index < -0.39 is 0 Å². The number of rotatable bonds is 3. The summed E-state index contributed by atoms with van der Waals surface area (Å²) >= 11 is 0. The van der Waals surface area contributed by atoms with Gasteiger partial charge in [0.15, 0.2) is 0 Å². The van der Waals surface area contributed by atoms with Crippen molar-refractivity contribution in [2.24, 2.45) is 5.73 Å². The molecule has 0 unspecified atom stereocenters. The highest BCUT2D eigenvalue weighted by atomic mass is 15.0. The van der Waals surface area contributed by atoms with Crippen molar-refractivity contribution >= 4 is 0 Å². The van der Waals surface area contributed by atoms with Gasteiger partial charge in [0.05, 0.1) is 0 Å². The first kappa shape index (κ1) is 12.9. The SMILES string of the molecule is Cc1cc(CN)c(C)n1-c1ccc(C(C)C)cc1. The van der Waals surface area contributed by atoms with Crippen molar-refractivity contribution in [1.29, 1.82) is 0 Å². The van der Waals surface area contributed by atoms with E-state index >= 15 is 0 Å². The zero-order chi connectivity index (χ0) is 13.3. The molecule has 0 aliphatic carbocycles. The van der Waals surface area contributed by atoms with Crippen LogP contribution in [0.2, 0.25) is 0 Å². The minimum Gasteiger partial charge on any atom is -0.326 e. The van der Waals surface area contributed by atoms with E-state index in [1.165, 1.54) is 28.2 Å². The van der Waals surface area contributed by atoms with Crippen molar-refractivity contribution in [3.05, 3.63) is 52.8 Å². The van der Waals surface area contributed by atoms with Gasteiger partial charge in [0.2, 0.25) is 0 Å². The van der Waals surface area contributed by atoms with Gasteiger partial charge in [0.25, 0.3) is 0 Å². The molecule has 0 saturated carbocycles. The maximum Gasteiger partial charge on any atom is 0.0455 e. The molecule has 0 atom stereocenters. The predicted octanol–water partition coefficient (Wildman–Crippen LogP) is 3.68. The van der Waals surface area contributed by atoms with Crippen molar-refractivity contribution in [3.63, 3.8) is 0 Å². The van der Waals surface area contributed by atoms with Crippen LogP contribution >= 0.6 is 0 Å². The van der Waals surface area contributed by atoms with E-state index in [1.54, 1.807) is 0 Å². The average Bonchev–Trinajstić information content (AvgIpc) is 2.64. The van der Waals surface area contributed by atoms with Crippen LogP contribution in [-0.4, -0.2) is 4.57 Å². The fraction of sp³-hybridized carbons (Fsp3) is 0.375. The van der Waals surface area contributed by atoms with Gasteiger partial charge in [-0.25, -0.2) is 0 Å². The Balaban J connectivity index is 2.45. The predicted molar refractivity (Wildman–Crippen MR) is 77.2 cm³/mol. The third-order valence-electron chi connectivity index (χ3n) is 3.57. The van der Waals surface area contributed by atoms with Crippen LogP contribution in [0.3, 0.4) is 0 Å². The van der Waals surface area contributed by atoms with Gasteiger partial charge < -0.3 is 10.3 Å². The number of aromatic nitrogens is 1. The molecular weight excluding hydrogens is 220 g/mol. The maximum atomic E-state index is 5.76. The van der Waals surface area contributed by atoms with Crippen molar-refractivity contribution < 1.29 is 0 Å². The normalized spacial score (nSPS) is 11.2. The van der Waals surface area contributed by atoms with E-state index in [2.05, 4.69) is 62.6 Å². The summed E-state index contributed by atoms with van der Waals surface area (Å²) in [6.45, 7) is 9.29. The summed E-state index contributed by atoms with van der Waals surface area (Å²) < 4.78 is 2.27. The summed E-state index contributed by atoms with van der Waals surface area (Å²) in [6.07, 6.45) is 0. The van der Waals surface area contributed by atoms with Crippen LogP contribution in [0.1, 0.15) is 42.3 Å². The largest absolute Gasteiger partial charge is 0.326 e. The smallest absolute Gasteiger partial charge is 0.0455 e. The number of nitrogens with two attached hydrogens (primary N) is 1. The lowest BCUT2D eigenvalue weighted by atomic mass is 10.0. The Morgan fingerprint density at radius 1 is 1.11 bits per heavy atom. The van der Waals surface area contributed by atoms with E-state index in [4.69, 9.17) is 5.73 Å². The summed E-state index contributed by atoms with van der Waals surface area (Å²) in [5.41, 5.74) is 12.1. The van der Waals surface area contributed by atoms with Crippen molar-refractivity contribution in [2.75, 3.05) is 0 Å². The molecule has 0 aliphatic rings. The zero-order valence-corrected chi connectivity index (χ0v) is 11.7. The molecule has 0 amide bonds.